The minimum Gasteiger partial charge on any atom is -0.414 e. The predicted molar refractivity (Wildman–Crippen MR) is 123 cm³/mol. The predicted octanol–water partition coefficient (Wildman–Crippen LogP) is 8.08. The van der Waals surface area contributed by atoms with E-state index in [1.807, 2.05) is 0 Å². The normalized spacial score (nSPS) is 34.9. The fourth-order valence-electron chi connectivity index (χ4n) is 5.43. The third-order valence-electron chi connectivity index (χ3n) is 8.79. The van der Waals surface area contributed by atoms with Crippen LogP contribution in [0.3, 0.4) is 0 Å². The summed E-state index contributed by atoms with van der Waals surface area (Å²) in [6.45, 7) is 24.1. The third-order valence-corrected chi connectivity index (χ3v) is 13.3. The molecule has 158 valence electrons. The lowest BCUT2D eigenvalue weighted by Gasteiger charge is -2.49. The minimum absolute atomic E-state index is 0.307. The topological polar surface area (TPSA) is 9.23 Å². The van der Waals surface area contributed by atoms with Crippen LogP contribution >= 0.6 is 0 Å². The molecule has 2 heteroatoms. The Bertz CT molecular complexity index is 515. The Kier molecular flexibility index (Phi) is 7.17. The molecule has 2 saturated carbocycles. The van der Waals surface area contributed by atoms with E-state index in [9.17, 15) is 0 Å². The van der Waals surface area contributed by atoms with E-state index < -0.39 is 8.32 Å². The number of allylic oxidation sites excluding steroid dienone is 2. The van der Waals surface area contributed by atoms with Crippen LogP contribution in [0.2, 0.25) is 18.1 Å². The van der Waals surface area contributed by atoms with E-state index in [0.717, 1.165) is 17.8 Å². The Morgan fingerprint density at radius 1 is 1.00 bits per heavy atom. The van der Waals surface area contributed by atoms with E-state index in [1.165, 1.54) is 32.1 Å². The van der Waals surface area contributed by atoms with E-state index in [2.05, 4.69) is 80.6 Å². The molecule has 0 radical (unpaired) electrons. The Morgan fingerprint density at radius 2 is 1.63 bits per heavy atom. The molecule has 2 aliphatic rings. The Balaban J connectivity index is 2.13. The van der Waals surface area contributed by atoms with Gasteiger partial charge in [-0.05, 0) is 78.8 Å². The molecule has 0 spiro atoms. The quantitative estimate of drug-likeness (QED) is 0.328. The Morgan fingerprint density at radius 3 is 2.19 bits per heavy atom. The van der Waals surface area contributed by atoms with Crippen molar-refractivity contribution in [3.8, 4) is 0 Å². The van der Waals surface area contributed by atoms with Crippen molar-refractivity contribution in [2.45, 2.75) is 112 Å². The molecule has 0 aromatic rings. The van der Waals surface area contributed by atoms with Gasteiger partial charge in [-0.3, -0.25) is 0 Å². The number of rotatable bonds is 6. The van der Waals surface area contributed by atoms with E-state index in [0.29, 0.717) is 28.4 Å². The van der Waals surface area contributed by atoms with Gasteiger partial charge >= 0.3 is 0 Å². The van der Waals surface area contributed by atoms with E-state index >= 15 is 0 Å². The second kappa shape index (κ2) is 8.34. The van der Waals surface area contributed by atoms with Gasteiger partial charge in [0.15, 0.2) is 8.32 Å². The molecule has 27 heavy (non-hydrogen) atoms. The molecule has 2 rings (SSSR count). The lowest BCUT2D eigenvalue weighted by atomic mass is 9.62. The van der Waals surface area contributed by atoms with Gasteiger partial charge < -0.3 is 4.43 Å². The summed E-state index contributed by atoms with van der Waals surface area (Å²) in [6.07, 6.45) is 12.3. The van der Waals surface area contributed by atoms with Gasteiger partial charge in [0, 0.05) is 6.10 Å². The molecule has 2 aliphatic carbocycles. The average molecular weight is 393 g/mol. The third kappa shape index (κ3) is 4.92. The van der Waals surface area contributed by atoms with Crippen molar-refractivity contribution < 1.29 is 4.43 Å². The summed E-state index contributed by atoms with van der Waals surface area (Å²) in [5, 5.41) is 0.307. The second-order valence-electron chi connectivity index (χ2n) is 12.0. The maximum Gasteiger partial charge on any atom is 0.192 e. The first-order valence-electron chi connectivity index (χ1n) is 11.7. The van der Waals surface area contributed by atoms with E-state index in [4.69, 9.17) is 4.43 Å². The first-order chi connectivity index (χ1) is 12.3. The molecule has 0 aromatic carbocycles. The molecule has 6 atom stereocenters. The lowest BCUT2D eigenvalue weighted by molar-refractivity contribution is -0.0163. The van der Waals surface area contributed by atoms with Crippen LogP contribution < -0.4 is 0 Å². The summed E-state index contributed by atoms with van der Waals surface area (Å²) in [5.74, 6) is 3.69. The summed E-state index contributed by atoms with van der Waals surface area (Å²) in [5.41, 5.74) is 0.468. The van der Waals surface area contributed by atoms with Gasteiger partial charge in [-0.2, -0.15) is 0 Å². The number of hydrogen-bond acceptors (Lipinski definition) is 1. The molecule has 1 nitrogen and oxygen atoms in total. The van der Waals surface area contributed by atoms with Crippen LogP contribution in [0, 0.1) is 35.0 Å². The number of fused-ring (bicyclic) bond motifs is 1. The molecule has 0 amide bonds. The summed E-state index contributed by atoms with van der Waals surface area (Å²) in [4.78, 5) is 0. The first-order valence-corrected chi connectivity index (χ1v) is 14.6. The smallest absolute Gasteiger partial charge is 0.192 e. The van der Waals surface area contributed by atoms with Gasteiger partial charge in [0.1, 0.15) is 0 Å². The van der Waals surface area contributed by atoms with Gasteiger partial charge in [0.25, 0.3) is 0 Å². The fourth-order valence-corrected chi connectivity index (χ4v) is 6.82. The maximum absolute atomic E-state index is 7.00. The molecule has 0 N–H and O–H groups in total. The maximum atomic E-state index is 7.00. The highest BCUT2D eigenvalue weighted by Gasteiger charge is 2.54. The van der Waals surface area contributed by atoms with Crippen LogP contribution in [0.15, 0.2) is 12.2 Å². The van der Waals surface area contributed by atoms with Crippen LogP contribution in [0.1, 0.15) is 87.5 Å². The molecule has 0 aromatic heterocycles. The van der Waals surface area contributed by atoms with Crippen LogP contribution in [-0.2, 0) is 4.43 Å². The highest BCUT2D eigenvalue weighted by Crippen LogP contribution is 2.59. The van der Waals surface area contributed by atoms with Crippen molar-refractivity contribution in [3.05, 3.63) is 12.2 Å². The zero-order chi connectivity index (χ0) is 20.6. The van der Waals surface area contributed by atoms with Crippen molar-refractivity contribution in [2.24, 2.45) is 35.0 Å². The van der Waals surface area contributed by atoms with E-state index in [1.54, 1.807) is 0 Å². The van der Waals surface area contributed by atoms with Crippen LogP contribution in [0.25, 0.3) is 0 Å². The van der Waals surface area contributed by atoms with Gasteiger partial charge in [0.05, 0.1) is 0 Å². The molecule has 0 saturated heterocycles. The van der Waals surface area contributed by atoms with Crippen LogP contribution in [0.5, 0.6) is 0 Å². The van der Waals surface area contributed by atoms with Gasteiger partial charge in [-0.25, -0.2) is 0 Å². The summed E-state index contributed by atoms with van der Waals surface area (Å²) < 4.78 is 7.00. The van der Waals surface area contributed by atoms with Crippen molar-refractivity contribution in [3.63, 3.8) is 0 Å². The Hall–Kier alpha value is -0.0831. The summed E-state index contributed by atoms with van der Waals surface area (Å²) in [7, 11) is -1.69. The zero-order valence-electron chi connectivity index (χ0n) is 20.1. The first kappa shape index (κ1) is 23.2. The SMILES string of the molecule is CC(C)[C@@H](C)/C=C/[C@@H](C)[C@@H]1CC[C@H]2[C@@H](O[Si](C)(C)C(C)(C)C)CCC[C@@]12C. The molecular formula is C25H48OSi. The fraction of sp³-hybridized carbons (Fsp3) is 0.920. The standard InChI is InChI=1S/C25H48OSi/c1-18(2)19(3)13-14-20(4)21-15-16-22-23(12-11-17-25(21,22)8)26-27(9,10)24(5,6)7/h13-14,18-23H,11-12,15-17H2,1-10H3/b14-13+/t19-,20+,21-,22-,23-,25-/m0/s1. The zero-order valence-corrected chi connectivity index (χ0v) is 21.1. The number of hydrogen-bond donors (Lipinski definition) is 0. The lowest BCUT2D eigenvalue weighted by Crippen LogP contribution is -2.50. The van der Waals surface area contributed by atoms with Gasteiger partial charge in [-0.1, -0.05) is 74.0 Å². The van der Waals surface area contributed by atoms with Crippen molar-refractivity contribution in [2.75, 3.05) is 0 Å². The minimum atomic E-state index is -1.69. The molecule has 0 bridgehead atoms. The highest BCUT2D eigenvalue weighted by atomic mass is 28.4. The largest absolute Gasteiger partial charge is 0.414 e. The molecule has 0 unspecified atom stereocenters. The van der Waals surface area contributed by atoms with Crippen LogP contribution in [0.4, 0.5) is 0 Å². The molecule has 2 fully saturated rings. The average Bonchev–Trinajstić information content (AvgIpc) is 2.89. The second-order valence-corrected chi connectivity index (χ2v) is 16.7. The highest BCUT2D eigenvalue weighted by molar-refractivity contribution is 6.74. The Labute approximate surface area is 171 Å². The van der Waals surface area contributed by atoms with Crippen LogP contribution in [-0.4, -0.2) is 14.4 Å². The van der Waals surface area contributed by atoms with Crippen molar-refractivity contribution in [1.29, 1.82) is 0 Å². The molecular weight excluding hydrogens is 344 g/mol. The van der Waals surface area contributed by atoms with Gasteiger partial charge in [0.2, 0.25) is 0 Å². The van der Waals surface area contributed by atoms with E-state index in [-0.39, 0.29) is 0 Å². The summed E-state index contributed by atoms with van der Waals surface area (Å²) in [6, 6.07) is 0. The monoisotopic (exact) mass is 392 g/mol. The molecule has 0 aliphatic heterocycles. The van der Waals surface area contributed by atoms with Crippen molar-refractivity contribution >= 4 is 8.32 Å². The summed E-state index contributed by atoms with van der Waals surface area (Å²) >= 11 is 0. The van der Waals surface area contributed by atoms with Gasteiger partial charge in [-0.15, -0.1) is 0 Å². The van der Waals surface area contributed by atoms with Crippen molar-refractivity contribution in [1.82, 2.24) is 0 Å². The molecule has 0 heterocycles.